The van der Waals surface area contributed by atoms with Crippen LogP contribution in [0.15, 0.2) is 70.0 Å². The smallest absolute Gasteiger partial charge is 0.284 e. The van der Waals surface area contributed by atoms with Crippen LogP contribution in [0, 0.1) is 11.6 Å². The van der Waals surface area contributed by atoms with Crippen molar-refractivity contribution < 1.29 is 27.1 Å². The van der Waals surface area contributed by atoms with Crippen molar-refractivity contribution in [2.75, 3.05) is 14.1 Å². The number of hydrogen-bond donors (Lipinski definition) is 2. The first-order valence-corrected chi connectivity index (χ1v) is 12.3. The Morgan fingerprint density at radius 2 is 1.75 bits per heavy atom. The van der Waals surface area contributed by atoms with Gasteiger partial charge in [-0.25, -0.2) is 8.78 Å². The minimum Gasteiger partial charge on any atom is -0.386 e. The second-order valence-electron chi connectivity index (χ2n) is 9.06. The number of rotatable bonds is 8. The Balaban J connectivity index is 2.33. The molecular weight excluding hydrogens is 488 g/mol. The summed E-state index contributed by atoms with van der Waals surface area (Å²) in [4.78, 5) is 13.5. The van der Waals surface area contributed by atoms with Crippen LogP contribution in [0.4, 0.5) is 8.78 Å². The Bertz CT molecular complexity index is 1430. The summed E-state index contributed by atoms with van der Waals surface area (Å²) in [6.45, 7) is 2.94. The molecular formula is C26H27F2N3O4S. The van der Waals surface area contributed by atoms with E-state index < -0.39 is 39.1 Å². The second-order valence-corrected chi connectivity index (χ2v) is 10.7. The van der Waals surface area contributed by atoms with Crippen LogP contribution in [-0.2, 0) is 20.4 Å². The standard InChI is InChI=1S/C26H27F2N3O4S/c1-26(2,33)18-11-17(12-19(27)14-18)20-10-9-16(13-23(20)36(34,35)30-15-31(3)4)24(25(29)32)21-7-5-6-8-22(21)28/h5-15,24,33H,1-4H3,(H2,29,32). The number of sulfonamides is 1. The molecule has 0 aliphatic carbocycles. The van der Waals surface area contributed by atoms with Gasteiger partial charge in [0.1, 0.15) is 18.0 Å². The molecule has 0 heterocycles. The second kappa shape index (κ2) is 10.2. The lowest BCUT2D eigenvalue weighted by molar-refractivity contribution is -0.118. The molecule has 0 saturated heterocycles. The van der Waals surface area contributed by atoms with Gasteiger partial charge in [-0.15, -0.1) is 4.40 Å². The van der Waals surface area contributed by atoms with Gasteiger partial charge in [0.2, 0.25) is 5.91 Å². The number of benzene rings is 3. The van der Waals surface area contributed by atoms with Crippen LogP contribution in [0.5, 0.6) is 0 Å². The van der Waals surface area contributed by atoms with E-state index in [2.05, 4.69) is 4.40 Å². The Hall–Kier alpha value is -3.63. The third-order valence-corrected chi connectivity index (χ3v) is 6.72. The van der Waals surface area contributed by atoms with Crippen molar-refractivity contribution in [3.8, 4) is 11.1 Å². The van der Waals surface area contributed by atoms with Gasteiger partial charge in [0, 0.05) is 25.2 Å². The Labute approximate surface area is 209 Å². The fourth-order valence-electron chi connectivity index (χ4n) is 3.69. The zero-order valence-corrected chi connectivity index (χ0v) is 21.1. The molecule has 3 aromatic rings. The molecule has 0 spiro atoms. The van der Waals surface area contributed by atoms with Gasteiger partial charge in [-0.2, -0.15) is 8.42 Å². The van der Waals surface area contributed by atoms with Crippen molar-refractivity contribution >= 4 is 22.3 Å². The van der Waals surface area contributed by atoms with Crippen LogP contribution >= 0.6 is 0 Å². The van der Waals surface area contributed by atoms with Gasteiger partial charge in [0.15, 0.2) is 0 Å². The average Bonchev–Trinajstić information content (AvgIpc) is 2.78. The third kappa shape index (κ3) is 5.95. The summed E-state index contributed by atoms with van der Waals surface area (Å²) in [5.74, 6) is -3.54. The highest BCUT2D eigenvalue weighted by Crippen LogP contribution is 2.36. The predicted molar refractivity (Wildman–Crippen MR) is 134 cm³/mol. The third-order valence-electron chi connectivity index (χ3n) is 5.45. The largest absolute Gasteiger partial charge is 0.386 e. The van der Waals surface area contributed by atoms with Gasteiger partial charge in [-0.05, 0) is 60.9 Å². The van der Waals surface area contributed by atoms with Gasteiger partial charge in [-0.1, -0.05) is 30.3 Å². The van der Waals surface area contributed by atoms with Gasteiger partial charge < -0.3 is 15.7 Å². The molecule has 10 heteroatoms. The average molecular weight is 516 g/mol. The summed E-state index contributed by atoms with van der Waals surface area (Å²) in [6, 6.07) is 13.3. The van der Waals surface area contributed by atoms with E-state index in [1.807, 2.05) is 0 Å². The molecule has 0 aliphatic rings. The summed E-state index contributed by atoms with van der Waals surface area (Å²) >= 11 is 0. The summed E-state index contributed by atoms with van der Waals surface area (Å²) < 4.78 is 59.3. The topological polar surface area (TPSA) is 113 Å². The maximum Gasteiger partial charge on any atom is 0.284 e. The summed E-state index contributed by atoms with van der Waals surface area (Å²) in [5, 5.41) is 10.4. The van der Waals surface area contributed by atoms with E-state index >= 15 is 0 Å². The Morgan fingerprint density at radius 1 is 1.08 bits per heavy atom. The number of carbonyl (C=O) groups is 1. The molecule has 7 nitrogen and oxygen atoms in total. The SMILES string of the molecule is CN(C)C=NS(=O)(=O)c1cc(C(C(N)=O)c2ccccc2F)ccc1-c1cc(F)cc(C(C)(C)O)c1. The van der Waals surface area contributed by atoms with Crippen molar-refractivity contribution in [1.29, 1.82) is 0 Å². The monoisotopic (exact) mass is 515 g/mol. The lowest BCUT2D eigenvalue weighted by Crippen LogP contribution is -2.23. The van der Waals surface area contributed by atoms with Gasteiger partial charge in [0.25, 0.3) is 10.0 Å². The number of halogens is 2. The first-order chi connectivity index (χ1) is 16.7. The zero-order chi connectivity index (χ0) is 26.8. The minimum absolute atomic E-state index is 0.0204. The van der Waals surface area contributed by atoms with Gasteiger partial charge in [0.05, 0.1) is 16.4 Å². The lowest BCUT2D eigenvalue weighted by atomic mass is 9.88. The van der Waals surface area contributed by atoms with Crippen LogP contribution in [-0.4, -0.2) is 44.8 Å². The van der Waals surface area contributed by atoms with E-state index in [0.29, 0.717) is 0 Å². The molecule has 0 fully saturated rings. The maximum absolute atomic E-state index is 14.6. The Morgan fingerprint density at radius 3 is 2.33 bits per heavy atom. The lowest BCUT2D eigenvalue weighted by Gasteiger charge is -2.20. The fraction of sp³-hybridized carbons (Fsp3) is 0.231. The van der Waals surface area contributed by atoms with E-state index in [4.69, 9.17) is 5.73 Å². The molecule has 3 rings (SSSR count). The van der Waals surface area contributed by atoms with Crippen molar-refractivity contribution in [1.82, 2.24) is 4.90 Å². The summed E-state index contributed by atoms with van der Waals surface area (Å²) in [5.41, 5.74) is 4.76. The van der Waals surface area contributed by atoms with E-state index in [0.717, 1.165) is 18.5 Å². The van der Waals surface area contributed by atoms with Crippen molar-refractivity contribution in [3.05, 3.63) is 89.0 Å². The molecule has 1 unspecified atom stereocenters. The fourth-order valence-corrected chi connectivity index (χ4v) is 4.86. The number of primary amides is 1. The maximum atomic E-state index is 14.6. The quantitative estimate of drug-likeness (QED) is 0.350. The van der Waals surface area contributed by atoms with Crippen LogP contribution in [0.25, 0.3) is 11.1 Å². The minimum atomic E-state index is -4.37. The number of amides is 1. The van der Waals surface area contributed by atoms with Crippen molar-refractivity contribution in [3.63, 3.8) is 0 Å². The number of aliphatic hydroxyl groups is 1. The highest BCUT2D eigenvalue weighted by molar-refractivity contribution is 7.90. The summed E-state index contributed by atoms with van der Waals surface area (Å²) in [7, 11) is -1.21. The van der Waals surface area contributed by atoms with Gasteiger partial charge >= 0.3 is 0 Å². The van der Waals surface area contributed by atoms with Crippen LogP contribution < -0.4 is 5.73 Å². The molecule has 0 radical (unpaired) electrons. The van der Waals surface area contributed by atoms with Crippen LogP contribution in [0.1, 0.15) is 36.5 Å². The molecule has 1 atom stereocenters. The van der Waals surface area contributed by atoms with E-state index in [1.54, 1.807) is 14.1 Å². The molecule has 0 aliphatic heterocycles. The van der Waals surface area contributed by atoms with E-state index in [-0.39, 0.29) is 32.7 Å². The first kappa shape index (κ1) is 27.0. The van der Waals surface area contributed by atoms with Gasteiger partial charge in [-0.3, -0.25) is 4.79 Å². The van der Waals surface area contributed by atoms with E-state index in [9.17, 15) is 27.1 Å². The molecule has 0 bridgehead atoms. The number of nitrogens with two attached hydrogens (primary N) is 1. The predicted octanol–water partition coefficient (Wildman–Crippen LogP) is 3.76. The normalized spacial score (nSPS) is 13.1. The zero-order valence-electron chi connectivity index (χ0n) is 20.2. The van der Waals surface area contributed by atoms with E-state index in [1.165, 1.54) is 67.3 Å². The number of carbonyl (C=O) groups excluding carboxylic acids is 1. The van der Waals surface area contributed by atoms with Crippen molar-refractivity contribution in [2.24, 2.45) is 10.1 Å². The highest BCUT2D eigenvalue weighted by Gasteiger charge is 2.28. The molecule has 36 heavy (non-hydrogen) atoms. The Kier molecular flexibility index (Phi) is 7.61. The number of hydrogen-bond acceptors (Lipinski definition) is 4. The number of nitrogens with zero attached hydrogens (tertiary/aromatic N) is 2. The van der Waals surface area contributed by atoms with Crippen LogP contribution in [0.2, 0.25) is 0 Å². The summed E-state index contributed by atoms with van der Waals surface area (Å²) in [6.07, 6.45) is 1.09. The molecule has 1 amide bonds. The highest BCUT2D eigenvalue weighted by atomic mass is 32.2. The molecule has 3 N–H and O–H groups in total. The molecule has 190 valence electrons. The molecule has 0 saturated carbocycles. The van der Waals surface area contributed by atoms with Crippen LogP contribution in [0.3, 0.4) is 0 Å². The van der Waals surface area contributed by atoms with Crippen molar-refractivity contribution in [2.45, 2.75) is 30.3 Å². The molecule has 0 aromatic heterocycles. The molecule has 3 aromatic carbocycles. The first-order valence-electron chi connectivity index (χ1n) is 10.9.